The van der Waals surface area contributed by atoms with Crippen molar-refractivity contribution in [1.82, 2.24) is 14.6 Å². The molecule has 2 aromatic heterocycles. The minimum absolute atomic E-state index is 0.136. The summed E-state index contributed by atoms with van der Waals surface area (Å²) in [4.78, 5) is 4.17. The van der Waals surface area contributed by atoms with E-state index in [4.69, 9.17) is 5.26 Å². The molecule has 110 valence electrons. The molecule has 22 heavy (non-hydrogen) atoms. The third kappa shape index (κ3) is 2.22. The van der Waals surface area contributed by atoms with Crippen LogP contribution in [0.3, 0.4) is 0 Å². The zero-order valence-electron chi connectivity index (χ0n) is 10.8. The fraction of sp³-hybridized carbons (Fsp3) is 0.0714. The number of rotatable bonds is 1. The predicted molar refractivity (Wildman–Crippen MR) is 69.8 cm³/mol. The zero-order valence-corrected chi connectivity index (χ0v) is 10.8. The van der Waals surface area contributed by atoms with E-state index in [1.165, 1.54) is 24.4 Å². The molecule has 0 aliphatic heterocycles. The largest absolute Gasteiger partial charge is 0.493 e. The van der Waals surface area contributed by atoms with E-state index in [-0.39, 0.29) is 22.8 Å². The van der Waals surface area contributed by atoms with Crippen LogP contribution in [0.4, 0.5) is 13.2 Å². The Balaban J connectivity index is 2.12. The molecule has 0 bridgehead atoms. The Morgan fingerprint density at radius 2 is 1.86 bits per heavy atom. The van der Waals surface area contributed by atoms with Gasteiger partial charge < -0.3 is 5.11 Å². The molecule has 0 saturated carbocycles. The van der Waals surface area contributed by atoms with Gasteiger partial charge in [-0.2, -0.15) is 28.0 Å². The van der Waals surface area contributed by atoms with Gasteiger partial charge in [-0.1, -0.05) is 12.1 Å². The van der Waals surface area contributed by atoms with Crippen LogP contribution in [0.15, 0.2) is 36.5 Å². The van der Waals surface area contributed by atoms with E-state index in [1.54, 1.807) is 0 Å². The second-order valence-corrected chi connectivity index (χ2v) is 4.48. The minimum Gasteiger partial charge on any atom is -0.493 e. The van der Waals surface area contributed by atoms with E-state index in [9.17, 15) is 18.3 Å². The molecule has 5 nitrogen and oxygen atoms in total. The zero-order chi connectivity index (χ0) is 15.9. The highest BCUT2D eigenvalue weighted by molar-refractivity contribution is 5.66. The lowest BCUT2D eigenvalue weighted by molar-refractivity contribution is -0.137. The maximum Gasteiger partial charge on any atom is 0.416 e. The first-order chi connectivity index (χ1) is 10.4. The minimum atomic E-state index is -4.42. The van der Waals surface area contributed by atoms with E-state index in [0.717, 1.165) is 16.6 Å². The normalized spacial score (nSPS) is 11.5. The molecule has 1 aromatic carbocycles. The summed E-state index contributed by atoms with van der Waals surface area (Å²) >= 11 is 0. The lowest BCUT2D eigenvalue weighted by Crippen LogP contribution is -2.04. The first kappa shape index (κ1) is 13.9. The molecule has 8 heteroatoms. The third-order valence-electron chi connectivity index (χ3n) is 3.08. The Labute approximate surface area is 121 Å². The van der Waals surface area contributed by atoms with Gasteiger partial charge in [-0.15, -0.1) is 0 Å². The molecule has 0 aliphatic rings. The van der Waals surface area contributed by atoms with Gasteiger partial charge >= 0.3 is 6.18 Å². The number of hydrogen-bond acceptors (Lipinski definition) is 4. The molecule has 2 heterocycles. The monoisotopic (exact) mass is 304 g/mol. The Morgan fingerprint density at radius 3 is 2.45 bits per heavy atom. The van der Waals surface area contributed by atoms with E-state index in [1.807, 2.05) is 6.07 Å². The van der Waals surface area contributed by atoms with Gasteiger partial charge in [0, 0.05) is 11.6 Å². The summed E-state index contributed by atoms with van der Waals surface area (Å²) < 4.78 is 38.7. The maximum absolute atomic E-state index is 12.5. The topological polar surface area (TPSA) is 74.2 Å². The Kier molecular flexibility index (Phi) is 2.99. The highest BCUT2D eigenvalue weighted by atomic mass is 19.4. The smallest absolute Gasteiger partial charge is 0.416 e. The Morgan fingerprint density at radius 1 is 1.18 bits per heavy atom. The summed E-state index contributed by atoms with van der Waals surface area (Å²) in [5.41, 5.74) is 0.150. The van der Waals surface area contributed by atoms with Crippen LogP contribution >= 0.6 is 0 Å². The molecule has 1 N–H and O–H groups in total. The molecule has 0 unspecified atom stereocenters. The van der Waals surface area contributed by atoms with Crippen LogP contribution in [0.2, 0.25) is 0 Å². The quantitative estimate of drug-likeness (QED) is 0.750. The molecule has 3 aromatic rings. The van der Waals surface area contributed by atoms with Crippen LogP contribution in [-0.4, -0.2) is 19.7 Å². The fourth-order valence-corrected chi connectivity index (χ4v) is 2.00. The average Bonchev–Trinajstić information content (AvgIpc) is 2.90. The van der Waals surface area contributed by atoms with Gasteiger partial charge in [0.2, 0.25) is 5.88 Å². The molecule has 0 fully saturated rings. The number of nitrogens with zero attached hydrogens (tertiary/aromatic N) is 4. The summed E-state index contributed by atoms with van der Waals surface area (Å²) in [5, 5.41) is 22.6. The molecular weight excluding hydrogens is 297 g/mol. The van der Waals surface area contributed by atoms with Gasteiger partial charge in [0.05, 0.1) is 17.5 Å². The highest BCUT2D eigenvalue weighted by Gasteiger charge is 2.30. The molecule has 0 aliphatic carbocycles. The number of hydrogen-bond donors (Lipinski definition) is 1. The number of alkyl halides is 3. The van der Waals surface area contributed by atoms with Gasteiger partial charge in [0.15, 0.2) is 5.65 Å². The molecule has 0 spiro atoms. The molecule has 0 saturated heterocycles. The first-order valence-corrected chi connectivity index (χ1v) is 6.05. The van der Waals surface area contributed by atoms with Gasteiger partial charge in [-0.25, -0.2) is 4.98 Å². The Bertz CT molecular complexity index is 891. The van der Waals surface area contributed by atoms with Crippen LogP contribution in [0.5, 0.6) is 5.88 Å². The van der Waals surface area contributed by atoms with E-state index >= 15 is 0 Å². The summed E-state index contributed by atoms with van der Waals surface area (Å²) in [7, 11) is 0. The average molecular weight is 304 g/mol. The standard InChI is InChI=1S/C14H7F3N4O/c15-14(16,17)10-3-1-8(2-4-10)11-5-12(22)21-13(20-11)9(6-18)7-19-21/h1-5,7,22H. The number of aromatic nitrogens is 3. The van der Waals surface area contributed by atoms with E-state index in [2.05, 4.69) is 10.1 Å². The first-order valence-electron chi connectivity index (χ1n) is 6.05. The summed E-state index contributed by atoms with van der Waals surface area (Å²) in [6, 6.07) is 7.51. The predicted octanol–water partition coefficient (Wildman–Crippen LogP) is 2.99. The van der Waals surface area contributed by atoms with Crippen molar-refractivity contribution in [2.75, 3.05) is 0 Å². The van der Waals surface area contributed by atoms with Crippen LogP contribution < -0.4 is 0 Å². The Hall–Kier alpha value is -3.08. The second kappa shape index (κ2) is 4.73. The second-order valence-electron chi connectivity index (χ2n) is 4.48. The SMILES string of the molecule is N#Cc1cnn2c(O)cc(-c3ccc(C(F)(F)F)cc3)nc12. The van der Waals surface area contributed by atoms with Gasteiger partial charge in [-0.3, -0.25) is 0 Å². The van der Waals surface area contributed by atoms with Gasteiger partial charge in [0.25, 0.3) is 0 Å². The third-order valence-corrected chi connectivity index (χ3v) is 3.08. The maximum atomic E-state index is 12.5. The van der Waals surface area contributed by atoms with Gasteiger partial charge in [-0.05, 0) is 12.1 Å². The molecule has 0 atom stereocenters. The summed E-state index contributed by atoms with van der Waals surface area (Å²) in [6.45, 7) is 0. The van der Waals surface area contributed by atoms with Crippen LogP contribution in [0, 0.1) is 11.3 Å². The van der Waals surface area contributed by atoms with Crippen molar-refractivity contribution in [3.8, 4) is 23.2 Å². The van der Waals surface area contributed by atoms with Crippen molar-refractivity contribution in [2.45, 2.75) is 6.18 Å². The van der Waals surface area contributed by atoms with Crippen molar-refractivity contribution in [1.29, 1.82) is 5.26 Å². The molecule has 0 amide bonds. The lowest BCUT2D eigenvalue weighted by Gasteiger charge is -2.08. The number of fused-ring (bicyclic) bond motifs is 1. The van der Waals surface area contributed by atoms with Crippen molar-refractivity contribution >= 4 is 5.65 Å². The lowest BCUT2D eigenvalue weighted by atomic mass is 10.1. The van der Waals surface area contributed by atoms with Crippen molar-refractivity contribution in [2.24, 2.45) is 0 Å². The number of nitriles is 1. The van der Waals surface area contributed by atoms with Crippen molar-refractivity contribution < 1.29 is 18.3 Å². The fourth-order valence-electron chi connectivity index (χ4n) is 2.00. The molecule has 3 rings (SSSR count). The van der Waals surface area contributed by atoms with Crippen LogP contribution in [0.1, 0.15) is 11.1 Å². The number of halogens is 3. The number of aromatic hydroxyl groups is 1. The molecular formula is C14H7F3N4O. The van der Waals surface area contributed by atoms with Crippen molar-refractivity contribution in [3.63, 3.8) is 0 Å². The van der Waals surface area contributed by atoms with Crippen LogP contribution in [0.25, 0.3) is 16.9 Å². The molecule has 0 radical (unpaired) electrons. The van der Waals surface area contributed by atoms with Crippen molar-refractivity contribution in [3.05, 3.63) is 47.7 Å². The van der Waals surface area contributed by atoms with E-state index in [0.29, 0.717) is 5.56 Å². The summed E-state index contributed by atoms with van der Waals surface area (Å²) in [5.74, 6) is -0.263. The van der Waals surface area contributed by atoms with Crippen LogP contribution in [-0.2, 0) is 6.18 Å². The highest BCUT2D eigenvalue weighted by Crippen LogP contribution is 2.31. The van der Waals surface area contributed by atoms with Gasteiger partial charge in [0.1, 0.15) is 11.6 Å². The van der Waals surface area contributed by atoms with E-state index < -0.39 is 11.7 Å². The number of benzene rings is 1. The summed E-state index contributed by atoms with van der Waals surface area (Å²) in [6.07, 6.45) is -3.17.